The summed E-state index contributed by atoms with van der Waals surface area (Å²) >= 11 is 0. The third kappa shape index (κ3) is 3.14. The van der Waals surface area contributed by atoms with E-state index in [1.54, 1.807) is 11.4 Å². The third-order valence-electron chi connectivity index (χ3n) is 4.79. The van der Waals surface area contributed by atoms with Crippen LogP contribution in [0.3, 0.4) is 0 Å². The summed E-state index contributed by atoms with van der Waals surface area (Å²) in [6, 6.07) is 7.85. The summed E-state index contributed by atoms with van der Waals surface area (Å²) < 4.78 is 32.3. The predicted molar refractivity (Wildman–Crippen MR) is 86.6 cm³/mol. The summed E-state index contributed by atoms with van der Waals surface area (Å²) in [4.78, 5) is 0. The first-order chi connectivity index (χ1) is 10.6. The Morgan fingerprint density at radius 2 is 2.14 bits per heavy atom. The molecule has 2 saturated heterocycles. The second-order valence-electron chi connectivity index (χ2n) is 6.13. The quantitative estimate of drug-likeness (QED) is 0.906. The molecule has 0 aliphatic carbocycles. The lowest BCUT2D eigenvalue weighted by Gasteiger charge is -2.17. The summed E-state index contributed by atoms with van der Waals surface area (Å²) in [5.74, 6) is 1.10. The highest BCUT2D eigenvalue weighted by molar-refractivity contribution is 7.90. The van der Waals surface area contributed by atoms with Gasteiger partial charge in [0, 0.05) is 13.1 Å². The molecule has 22 heavy (non-hydrogen) atoms. The number of ether oxygens (including phenoxy) is 1. The van der Waals surface area contributed by atoms with Crippen LogP contribution < -0.4 is 10.1 Å². The van der Waals surface area contributed by atoms with Crippen molar-refractivity contribution in [1.82, 2.24) is 9.62 Å². The number of sulfonamides is 1. The van der Waals surface area contributed by atoms with Crippen LogP contribution in [0.1, 0.15) is 18.4 Å². The molecule has 6 heteroatoms. The Bertz CT molecular complexity index is 618. The van der Waals surface area contributed by atoms with Crippen molar-refractivity contribution in [3.63, 3.8) is 0 Å². The van der Waals surface area contributed by atoms with Gasteiger partial charge in [-0.3, -0.25) is 0 Å². The number of nitrogens with zero attached hydrogens (tertiary/aromatic N) is 1. The monoisotopic (exact) mass is 324 g/mol. The average Bonchev–Trinajstić information content (AvgIpc) is 2.70. The van der Waals surface area contributed by atoms with Gasteiger partial charge in [-0.15, -0.1) is 0 Å². The van der Waals surface area contributed by atoms with Gasteiger partial charge in [0.15, 0.2) is 0 Å². The van der Waals surface area contributed by atoms with Crippen LogP contribution in [0.4, 0.5) is 0 Å². The minimum absolute atomic E-state index is 0.187. The summed E-state index contributed by atoms with van der Waals surface area (Å²) in [5.41, 5.74) is 1.11. The van der Waals surface area contributed by atoms with Gasteiger partial charge in [-0.1, -0.05) is 12.1 Å². The molecular weight excluding hydrogens is 300 g/mol. The van der Waals surface area contributed by atoms with E-state index in [0.717, 1.165) is 43.7 Å². The van der Waals surface area contributed by atoms with Gasteiger partial charge >= 0.3 is 0 Å². The molecule has 0 unspecified atom stereocenters. The molecule has 2 heterocycles. The van der Waals surface area contributed by atoms with E-state index in [2.05, 4.69) is 5.32 Å². The predicted octanol–water partition coefficient (Wildman–Crippen LogP) is 1.25. The van der Waals surface area contributed by atoms with Crippen LogP contribution in [0.5, 0.6) is 5.75 Å². The molecule has 0 amide bonds. The Kier molecular flexibility index (Phi) is 4.70. The molecule has 1 N–H and O–H groups in total. The maximum atomic E-state index is 12.7. The van der Waals surface area contributed by atoms with E-state index in [4.69, 9.17) is 4.74 Å². The van der Waals surface area contributed by atoms with Crippen molar-refractivity contribution < 1.29 is 13.2 Å². The first-order valence-electron chi connectivity index (χ1n) is 7.94. The fraction of sp³-hybridized carbons (Fsp3) is 0.625. The molecule has 5 nitrogen and oxygen atoms in total. The van der Waals surface area contributed by atoms with Crippen molar-refractivity contribution in [3.8, 4) is 5.75 Å². The van der Waals surface area contributed by atoms with Crippen molar-refractivity contribution in [2.75, 3.05) is 33.3 Å². The number of hydrogen-bond acceptors (Lipinski definition) is 4. The lowest BCUT2D eigenvalue weighted by Crippen LogP contribution is -2.32. The first kappa shape index (κ1) is 15.8. The maximum absolute atomic E-state index is 12.7. The number of benzene rings is 1. The van der Waals surface area contributed by atoms with Gasteiger partial charge in [0.25, 0.3) is 0 Å². The van der Waals surface area contributed by atoms with E-state index >= 15 is 0 Å². The fourth-order valence-electron chi connectivity index (χ4n) is 3.54. The first-order valence-corrected chi connectivity index (χ1v) is 9.44. The highest BCUT2D eigenvalue weighted by Gasteiger charge is 2.45. The molecular formula is C16H24N2O3S. The van der Waals surface area contributed by atoms with Gasteiger partial charge in [0.05, 0.1) is 12.4 Å². The molecule has 2 aliphatic rings. The number of rotatable bonds is 4. The molecule has 0 radical (unpaired) electrons. The van der Waals surface area contributed by atoms with Crippen LogP contribution in [0.2, 0.25) is 0 Å². The Balaban J connectivity index is 1.67. The minimum atomic E-state index is -3.14. The summed E-state index contributed by atoms with van der Waals surface area (Å²) in [5, 5.41) is 3.11. The van der Waals surface area contributed by atoms with Crippen LogP contribution in [0.25, 0.3) is 0 Å². The molecule has 1 aromatic rings. The lowest BCUT2D eigenvalue weighted by molar-refractivity contribution is 0.386. The van der Waals surface area contributed by atoms with Crippen LogP contribution in [0, 0.1) is 5.92 Å². The van der Waals surface area contributed by atoms with Crippen LogP contribution in [-0.2, 0) is 16.4 Å². The zero-order valence-corrected chi connectivity index (χ0v) is 13.8. The highest BCUT2D eigenvalue weighted by atomic mass is 32.2. The van der Waals surface area contributed by atoms with E-state index in [-0.39, 0.29) is 11.2 Å². The van der Waals surface area contributed by atoms with Crippen LogP contribution in [0.15, 0.2) is 24.3 Å². The number of hydrogen-bond donors (Lipinski definition) is 1. The summed E-state index contributed by atoms with van der Waals surface area (Å²) in [6.45, 7) is 2.99. The maximum Gasteiger partial charge on any atom is 0.217 e. The van der Waals surface area contributed by atoms with Gasteiger partial charge in [-0.05, 0) is 56.0 Å². The van der Waals surface area contributed by atoms with Crippen molar-refractivity contribution in [2.45, 2.75) is 24.5 Å². The van der Waals surface area contributed by atoms with Gasteiger partial charge in [0.2, 0.25) is 10.0 Å². The highest BCUT2D eigenvalue weighted by Crippen LogP contribution is 2.33. The molecule has 122 valence electrons. The van der Waals surface area contributed by atoms with Crippen LogP contribution in [-0.4, -0.2) is 51.3 Å². The average molecular weight is 324 g/mol. The zero-order valence-electron chi connectivity index (χ0n) is 13.0. The van der Waals surface area contributed by atoms with E-state index in [1.807, 2.05) is 24.3 Å². The number of methoxy groups -OCH3 is 1. The molecule has 0 spiro atoms. The molecule has 1 aromatic carbocycles. The lowest BCUT2D eigenvalue weighted by atomic mass is 10.0. The smallest absolute Gasteiger partial charge is 0.217 e. The second-order valence-corrected chi connectivity index (χ2v) is 8.28. The van der Waals surface area contributed by atoms with E-state index in [1.165, 1.54) is 0 Å². The van der Waals surface area contributed by atoms with Crippen LogP contribution >= 0.6 is 0 Å². The zero-order chi connectivity index (χ0) is 15.6. The third-order valence-corrected chi connectivity index (χ3v) is 7.23. The van der Waals surface area contributed by atoms with Crippen molar-refractivity contribution in [2.24, 2.45) is 5.92 Å². The minimum Gasteiger partial charge on any atom is -0.497 e. The topological polar surface area (TPSA) is 58.6 Å². The number of fused-ring (bicyclic) bond motifs is 1. The number of nitrogens with one attached hydrogen (secondary N) is 1. The Hall–Kier alpha value is -1.11. The van der Waals surface area contributed by atoms with Gasteiger partial charge in [-0.25, -0.2) is 12.7 Å². The van der Waals surface area contributed by atoms with Crippen molar-refractivity contribution in [1.29, 1.82) is 0 Å². The Labute approximate surface area is 132 Å². The molecule has 2 aliphatic heterocycles. The molecule has 2 fully saturated rings. The Morgan fingerprint density at radius 1 is 1.32 bits per heavy atom. The van der Waals surface area contributed by atoms with Gasteiger partial charge < -0.3 is 10.1 Å². The van der Waals surface area contributed by atoms with Gasteiger partial charge in [0.1, 0.15) is 5.75 Å². The normalized spacial score (nSPS) is 28.0. The second kappa shape index (κ2) is 6.56. The van der Waals surface area contributed by atoms with Crippen molar-refractivity contribution >= 4 is 10.0 Å². The largest absolute Gasteiger partial charge is 0.497 e. The van der Waals surface area contributed by atoms with E-state index < -0.39 is 10.0 Å². The summed E-state index contributed by atoms with van der Waals surface area (Å²) in [6.07, 6.45) is 2.43. The van der Waals surface area contributed by atoms with Gasteiger partial charge in [-0.2, -0.15) is 0 Å². The summed E-state index contributed by atoms with van der Waals surface area (Å²) in [7, 11) is -1.49. The SMILES string of the molecule is COc1cccc(CCN2C[C@@H]3CCNCC[C@@H]3S2(=O)=O)c1. The van der Waals surface area contributed by atoms with Crippen molar-refractivity contribution in [3.05, 3.63) is 29.8 Å². The molecule has 0 bridgehead atoms. The fourth-order valence-corrected chi connectivity index (χ4v) is 5.79. The molecule has 0 saturated carbocycles. The Morgan fingerprint density at radius 3 is 2.95 bits per heavy atom. The van der Waals surface area contributed by atoms with E-state index in [9.17, 15) is 8.42 Å². The standard InChI is InChI=1S/C16H24N2O3S/c1-21-15-4-2-3-13(11-15)7-10-18-12-14-5-8-17-9-6-16(14)22(18,19)20/h2-4,11,14,16-17H,5-10,12H2,1H3/t14-,16-/m0/s1. The molecule has 0 aromatic heterocycles. The van der Waals surface area contributed by atoms with E-state index in [0.29, 0.717) is 13.1 Å². The molecule has 3 rings (SSSR count). The molecule has 2 atom stereocenters.